The number of nitro benzene ring substituents is 1. The number of halogens is 2. The van der Waals surface area contributed by atoms with Gasteiger partial charge in [0.25, 0.3) is 5.69 Å². The summed E-state index contributed by atoms with van der Waals surface area (Å²) in [6.45, 7) is 0. The molecule has 2 aromatic rings. The number of carbonyl (C=O) groups excluding carboxylic acids is 1. The lowest BCUT2D eigenvalue weighted by Gasteiger charge is -2.02. The lowest BCUT2D eigenvalue weighted by Crippen LogP contribution is -2.05. The Balaban J connectivity index is 1.82. The summed E-state index contributed by atoms with van der Waals surface area (Å²) in [4.78, 5) is 26.3. The molecule has 8 heteroatoms. The normalized spacial score (nSPS) is 15.4. The molecule has 0 radical (unpaired) electrons. The minimum atomic E-state index is -0.616. The Hall–Kier alpha value is -2.96. The average Bonchev–Trinajstić information content (AvgIpc) is 2.96. The van der Waals surface area contributed by atoms with Crippen molar-refractivity contribution >= 4 is 46.8 Å². The first-order chi connectivity index (χ1) is 12.4. The zero-order valence-corrected chi connectivity index (χ0v) is 14.6. The SMILES string of the molecule is O=C1OC(c2ccc(Cl)cc2Cl)=N/C1=C\C=C\c1cccc([N+](=O)[O-])c1. The first kappa shape index (κ1) is 17.8. The van der Waals surface area contributed by atoms with Gasteiger partial charge in [-0.2, -0.15) is 0 Å². The van der Waals surface area contributed by atoms with Gasteiger partial charge in [-0.15, -0.1) is 0 Å². The number of aliphatic imine (C=N–C) groups is 1. The van der Waals surface area contributed by atoms with Crippen LogP contribution < -0.4 is 0 Å². The van der Waals surface area contributed by atoms with Crippen molar-refractivity contribution in [3.8, 4) is 0 Å². The maximum absolute atomic E-state index is 11.9. The predicted octanol–water partition coefficient (Wildman–Crippen LogP) is 4.80. The summed E-state index contributed by atoms with van der Waals surface area (Å²) in [5.41, 5.74) is 1.15. The number of ether oxygens (including phenoxy) is 1. The van der Waals surface area contributed by atoms with Gasteiger partial charge in [-0.3, -0.25) is 10.1 Å². The van der Waals surface area contributed by atoms with Gasteiger partial charge >= 0.3 is 5.97 Å². The van der Waals surface area contributed by atoms with E-state index in [4.69, 9.17) is 27.9 Å². The van der Waals surface area contributed by atoms with Crippen molar-refractivity contribution in [2.24, 2.45) is 4.99 Å². The molecule has 6 nitrogen and oxygen atoms in total. The maximum atomic E-state index is 11.9. The monoisotopic (exact) mass is 388 g/mol. The number of carbonyl (C=O) groups is 1. The molecule has 1 heterocycles. The molecule has 1 aliphatic rings. The summed E-state index contributed by atoms with van der Waals surface area (Å²) < 4.78 is 5.13. The lowest BCUT2D eigenvalue weighted by atomic mass is 10.2. The average molecular weight is 389 g/mol. The number of esters is 1. The van der Waals surface area contributed by atoms with Crippen LogP contribution in [0.5, 0.6) is 0 Å². The Morgan fingerprint density at radius 3 is 2.69 bits per heavy atom. The van der Waals surface area contributed by atoms with Crippen LogP contribution >= 0.6 is 23.2 Å². The summed E-state index contributed by atoms with van der Waals surface area (Å²) >= 11 is 11.9. The maximum Gasteiger partial charge on any atom is 0.363 e. The first-order valence-electron chi connectivity index (χ1n) is 7.33. The van der Waals surface area contributed by atoms with Crippen LogP contribution in [-0.2, 0) is 9.53 Å². The quantitative estimate of drug-likeness (QED) is 0.326. The summed E-state index contributed by atoms with van der Waals surface area (Å²) in [6.07, 6.45) is 4.64. The van der Waals surface area contributed by atoms with Crippen LogP contribution in [0.2, 0.25) is 10.0 Å². The minimum Gasteiger partial charge on any atom is -0.402 e. The fourth-order valence-electron chi connectivity index (χ4n) is 2.19. The Labute approximate surface area is 158 Å². The van der Waals surface area contributed by atoms with E-state index in [2.05, 4.69) is 4.99 Å². The zero-order valence-electron chi connectivity index (χ0n) is 13.1. The van der Waals surface area contributed by atoms with Crippen LogP contribution in [-0.4, -0.2) is 16.8 Å². The molecular weight excluding hydrogens is 379 g/mol. The largest absolute Gasteiger partial charge is 0.402 e. The molecule has 1 aliphatic heterocycles. The highest BCUT2D eigenvalue weighted by molar-refractivity contribution is 6.37. The second-order valence-electron chi connectivity index (χ2n) is 5.19. The summed E-state index contributed by atoms with van der Waals surface area (Å²) in [7, 11) is 0. The third-order valence-corrected chi connectivity index (χ3v) is 3.95. The van der Waals surface area contributed by atoms with E-state index in [1.165, 1.54) is 24.3 Å². The van der Waals surface area contributed by atoms with Crippen LogP contribution in [0.4, 0.5) is 5.69 Å². The van der Waals surface area contributed by atoms with Crippen LogP contribution in [0.15, 0.2) is 65.3 Å². The minimum absolute atomic E-state index is 0.0160. The Morgan fingerprint density at radius 1 is 1.15 bits per heavy atom. The van der Waals surface area contributed by atoms with Gasteiger partial charge in [0.1, 0.15) is 0 Å². The van der Waals surface area contributed by atoms with Gasteiger partial charge in [0, 0.05) is 17.2 Å². The fourth-order valence-corrected chi connectivity index (χ4v) is 2.68. The number of hydrogen-bond donors (Lipinski definition) is 0. The molecule has 0 saturated carbocycles. The van der Waals surface area contributed by atoms with Gasteiger partial charge < -0.3 is 4.74 Å². The highest BCUT2D eigenvalue weighted by atomic mass is 35.5. The van der Waals surface area contributed by atoms with E-state index in [-0.39, 0.29) is 17.3 Å². The van der Waals surface area contributed by atoms with Crippen molar-refractivity contribution in [1.29, 1.82) is 0 Å². The van der Waals surface area contributed by atoms with Crippen molar-refractivity contribution in [1.82, 2.24) is 0 Å². The van der Waals surface area contributed by atoms with Gasteiger partial charge in [-0.1, -0.05) is 47.5 Å². The number of benzene rings is 2. The standard InChI is InChI=1S/C18H10Cl2N2O4/c19-12-7-8-14(15(20)10-12)17-21-16(18(23)26-17)6-2-4-11-3-1-5-13(9-11)22(24)25/h1-10H/b4-2+,16-6-. The molecule has 2 aromatic carbocycles. The number of nitrogens with zero attached hydrogens (tertiary/aromatic N) is 2. The molecule has 0 bridgehead atoms. The summed E-state index contributed by atoms with van der Waals surface area (Å²) in [6, 6.07) is 10.9. The van der Waals surface area contributed by atoms with Crippen molar-refractivity contribution in [2.75, 3.05) is 0 Å². The summed E-state index contributed by atoms with van der Waals surface area (Å²) in [5.74, 6) is -0.527. The van der Waals surface area contributed by atoms with Gasteiger partial charge in [0.05, 0.1) is 15.5 Å². The van der Waals surface area contributed by atoms with Crippen molar-refractivity contribution in [3.05, 3.63) is 91.6 Å². The molecule has 0 atom stereocenters. The van der Waals surface area contributed by atoms with E-state index in [1.807, 2.05) is 0 Å². The number of rotatable bonds is 4. The van der Waals surface area contributed by atoms with E-state index in [1.54, 1.807) is 36.4 Å². The smallest absolute Gasteiger partial charge is 0.363 e. The first-order valence-corrected chi connectivity index (χ1v) is 8.09. The Bertz CT molecular complexity index is 996. The molecular formula is C18H10Cl2N2O4. The lowest BCUT2D eigenvalue weighted by molar-refractivity contribution is -0.384. The molecule has 0 unspecified atom stereocenters. The Morgan fingerprint density at radius 2 is 1.96 bits per heavy atom. The molecule has 0 fully saturated rings. The van der Waals surface area contributed by atoms with Gasteiger partial charge in [0.2, 0.25) is 5.90 Å². The van der Waals surface area contributed by atoms with Gasteiger partial charge in [-0.25, -0.2) is 9.79 Å². The van der Waals surface area contributed by atoms with Crippen LogP contribution in [0.3, 0.4) is 0 Å². The topological polar surface area (TPSA) is 81.8 Å². The number of nitro groups is 1. The second kappa shape index (κ2) is 7.51. The van der Waals surface area contributed by atoms with Crippen molar-refractivity contribution in [3.63, 3.8) is 0 Å². The van der Waals surface area contributed by atoms with Crippen LogP contribution in [0.1, 0.15) is 11.1 Å². The van der Waals surface area contributed by atoms with Crippen molar-refractivity contribution < 1.29 is 14.5 Å². The zero-order chi connectivity index (χ0) is 18.7. The molecule has 0 N–H and O–H groups in total. The van der Waals surface area contributed by atoms with E-state index in [0.29, 0.717) is 21.2 Å². The third kappa shape index (κ3) is 3.99. The highest BCUT2D eigenvalue weighted by Crippen LogP contribution is 2.25. The molecule has 0 aliphatic carbocycles. The molecule has 26 heavy (non-hydrogen) atoms. The number of cyclic esters (lactones) is 1. The molecule has 0 amide bonds. The van der Waals surface area contributed by atoms with E-state index < -0.39 is 10.9 Å². The molecule has 0 spiro atoms. The fraction of sp³-hybridized carbons (Fsp3) is 0. The number of hydrogen-bond acceptors (Lipinski definition) is 5. The molecule has 130 valence electrons. The third-order valence-electron chi connectivity index (χ3n) is 3.41. The molecule has 0 saturated heterocycles. The van der Waals surface area contributed by atoms with E-state index in [9.17, 15) is 14.9 Å². The Kier molecular flexibility index (Phi) is 5.16. The molecule has 3 rings (SSSR count). The van der Waals surface area contributed by atoms with Crippen molar-refractivity contribution in [2.45, 2.75) is 0 Å². The van der Waals surface area contributed by atoms with Gasteiger partial charge in [0.15, 0.2) is 5.70 Å². The van der Waals surface area contributed by atoms with E-state index >= 15 is 0 Å². The number of allylic oxidation sites excluding steroid dienone is 2. The molecule has 0 aromatic heterocycles. The highest BCUT2D eigenvalue weighted by Gasteiger charge is 2.25. The van der Waals surface area contributed by atoms with Crippen LogP contribution in [0, 0.1) is 10.1 Å². The second-order valence-corrected chi connectivity index (χ2v) is 6.04. The predicted molar refractivity (Wildman–Crippen MR) is 99.3 cm³/mol. The van der Waals surface area contributed by atoms with Gasteiger partial charge in [-0.05, 0) is 29.8 Å². The van der Waals surface area contributed by atoms with Crippen LogP contribution in [0.25, 0.3) is 6.08 Å². The number of non-ortho nitro benzene ring substituents is 1. The van der Waals surface area contributed by atoms with E-state index in [0.717, 1.165) is 0 Å². The summed E-state index contributed by atoms with van der Waals surface area (Å²) in [5, 5.41) is 11.5.